The average Bonchev–Trinajstić information content (AvgIpc) is 2.31. The highest BCUT2D eigenvalue weighted by Crippen LogP contribution is 2.30. The molecule has 2 amide bonds. The predicted molar refractivity (Wildman–Crippen MR) is 67.5 cm³/mol. The smallest absolute Gasteiger partial charge is 0.266 e. The molecule has 1 atom stereocenters. The molecule has 2 rings (SSSR count). The molecular formula is C13H16N2O3. The van der Waals surface area contributed by atoms with E-state index in [0.29, 0.717) is 18.0 Å². The maximum absolute atomic E-state index is 11.8. The molecule has 1 aliphatic heterocycles. The lowest BCUT2D eigenvalue weighted by molar-refractivity contribution is -0.130. The zero-order valence-electron chi connectivity index (χ0n) is 10.4. The van der Waals surface area contributed by atoms with Gasteiger partial charge < -0.3 is 15.4 Å². The quantitative estimate of drug-likeness (QED) is 0.845. The maximum atomic E-state index is 11.8. The first-order valence-electron chi connectivity index (χ1n) is 5.95. The summed E-state index contributed by atoms with van der Waals surface area (Å²) in [6.45, 7) is 4.31. The normalized spacial score (nSPS) is 17.4. The number of fused-ring (bicyclic) bond motifs is 1. The van der Waals surface area contributed by atoms with Crippen molar-refractivity contribution in [1.29, 1.82) is 0 Å². The summed E-state index contributed by atoms with van der Waals surface area (Å²) in [6, 6.07) is 5.55. The van der Waals surface area contributed by atoms with E-state index in [2.05, 4.69) is 10.6 Å². The molecule has 5 nitrogen and oxygen atoms in total. The molecule has 2 N–H and O–H groups in total. The van der Waals surface area contributed by atoms with Crippen LogP contribution < -0.4 is 15.4 Å². The van der Waals surface area contributed by atoms with Crippen LogP contribution in [0.5, 0.6) is 5.75 Å². The van der Waals surface area contributed by atoms with Crippen LogP contribution >= 0.6 is 0 Å². The fourth-order valence-electron chi connectivity index (χ4n) is 1.84. The van der Waals surface area contributed by atoms with E-state index in [9.17, 15) is 9.59 Å². The molecule has 0 aliphatic carbocycles. The third kappa shape index (κ3) is 2.61. The summed E-state index contributed by atoms with van der Waals surface area (Å²) in [5.41, 5.74) is 1.70. The van der Waals surface area contributed by atoms with Gasteiger partial charge in [-0.25, -0.2) is 0 Å². The van der Waals surface area contributed by atoms with Gasteiger partial charge in [-0.15, -0.1) is 0 Å². The molecule has 96 valence electrons. The Hall–Kier alpha value is -2.04. The average molecular weight is 248 g/mol. The Balaban J connectivity index is 2.11. The number of nitrogens with one attached hydrogen (secondary N) is 2. The molecule has 0 saturated heterocycles. The van der Waals surface area contributed by atoms with Crippen LogP contribution in [0.25, 0.3) is 0 Å². The van der Waals surface area contributed by atoms with Crippen LogP contribution in [0.4, 0.5) is 5.69 Å². The summed E-state index contributed by atoms with van der Waals surface area (Å²) >= 11 is 0. The summed E-state index contributed by atoms with van der Waals surface area (Å²) in [6.07, 6.45) is -0.723. The Morgan fingerprint density at radius 3 is 3.00 bits per heavy atom. The Labute approximate surface area is 106 Å². The molecule has 1 aromatic carbocycles. The van der Waals surface area contributed by atoms with Crippen molar-refractivity contribution in [2.45, 2.75) is 26.4 Å². The molecule has 1 aromatic rings. The van der Waals surface area contributed by atoms with Gasteiger partial charge in [-0.2, -0.15) is 0 Å². The van der Waals surface area contributed by atoms with E-state index in [0.717, 1.165) is 5.56 Å². The van der Waals surface area contributed by atoms with Gasteiger partial charge in [0.25, 0.3) is 5.91 Å². The molecule has 1 unspecified atom stereocenters. The Morgan fingerprint density at radius 2 is 2.28 bits per heavy atom. The third-order valence-electron chi connectivity index (χ3n) is 2.70. The first-order valence-corrected chi connectivity index (χ1v) is 5.95. The zero-order chi connectivity index (χ0) is 13.1. The Morgan fingerprint density at radius 1 is 1.50 bits per heavy atom. The number of amides is 2. The molecule has 0 saturated carbocycles. The van der Waals surface area contributed by atoms with Gasteiger partial charge in [0.05, 0.1) is 12.1 Å². The highest BCUT2D eigenvalue weighted by atomic mass is 16.5. The molecule has 1 heterocycles. The second-order valence-corrected chi connectivity index (χ2v) is 4.25. The number of aryl methyl sites for hydroxylation is 1. The van der Waals surface area contributed by atoms with Crippen LogP contribution in [0.1, 0.15) is 18.9 Å². The minimum absolute atomic E-state index is 0.0347. The van der Waals surface area contributed by atoms with E-state index in [1.165, 1.54) is 0 Å². The van der Waals surface area contributed by atoms with Crippen LogP contribution in [0.2, 0.25) is 0 Å². The topological polar surface area (TPSA) is 67.4 Å². The molecule has 0 spiro atoms. The summed E-state index contributed by atoms with van der Waals surface area (Å²) in [5, 5.41) is 5.40. The lowest BCUT2D eigenvalue weighted by Gasteiger charge is -2.25. The van der Waals surface area contributed by atoms with Crippen LogP contribution in [-0.2, 0) is 9.59 Å². The number of carbonyl (C=O) groups excluding carboxylic acids is 2. The molecule has 0 radical (unpaired) electrons. The van der Waals surface area contributed by atoms with Gasteiger partial charge in [0.2, 0.25) is 5.91 Å². The maximum Gasteiger partial charge on any atom is 0.266 e. The van der Waals surface area contributed by atoms with Gasteiger partial charge in [-0.05, 0) is 31.5 Å². The Kier molecular flexibility index (Phi) is 3.50. The third-order valence-corrected chi connectivity index (χ3v) is 2.70. The zero-order valence-corrected chi connectivity index (χ0v) is 10.4. The highest BCUT2D eigenvalue weighted by molar-refractivity contribution is 6.00. The molecule has 5 heteroatoms. The van der Waals surface area contributed by atoms with Gasteiger partial charge in [-0.3, -0.25) is 9.59 Å². The predicted octanol–water partition coefficient (Wildman–Crippen LogP) is 1.22. The van der Waals surface area contributed by atoms with Crippen LogP contribution in [0.15, 0.2) is 18.2 Å². The molecular weight excluding hydrogens is 232 g/mol. The van der Waals surface area contributed by atoms with Gasteiger partial charge >= 0.3 is 0 Å². The molecule has 1 aliphatic rings. The van der Waals surface area contributed by atoms with Crippen molar-refractivity contribution in [3.8, 4) is 5.75 Å². The van der Waals surface area contributed by atoms with Gasteiger partial charge in [0.15, 0.2) is 6.10 Å². The molecule has 18 heavy (non-hydrogen) atoms. The minimum atomic E-state index is -0.758. The molecule has 0 bridgehead atoms. The number of hydrogen-bond acceptors (Lipinski definition) is 3. The van der Waals surface area contributed by atoms with E-state index >= 15 is 0 Å². The number of benzene rings is 1. The highest BCUT2D eigenvalue weighted by Gasteiger charge is 2.29. The van der Waals surface area contributed by atoms with Crippen molar-refractivity contribution >= 4 is 17.5 Å². The van der Waals surface area contributed by atoms with Crippen molar-refractivity contribution in [1.82, 2.24) is 5.32 Å². The SMILES string of the molecule is CCNC(=O)CC1Oc2ccc(C)cc2NC1=O. The van der Waals surface area contributed by atoms with E-state index in [1.807, 2.05) is 26.0 Å². The summed E-state index contributed by atoms with van der Waals surface area (Å²) in [7, 11) is 0. The Bertz CT molecular complexity index is 485. The fraction of sp³-hybridized carbons (Fsp3) is 0.385. The second-order valence-electron chi connectivity index (χ2n) is 4.25. The number of ether oxygens (including phenoxy) is 1. The summed E-state index contributed by atoms with van der Waals surface area (Å²) < 4.78 is 5.54. The molecule has 0 fully saturated rings. The number of rotatable bonds is 3. The lowest BCUT2D eigenvalue weighted by atomic mass is 10.1. The van der Waals surface area contributed by atoms with Crippen molar-refractivity contribution in [3.63, 3.8) is 0 Å². The van der Waals surface area contributed by atoms with Gasteiger partial charge in [0.1, 0.15) is 5.75 Å². The first kappa shape index (κ1) is 12.4. The van der Waals surface area contributed by atoms with E-state index in [4.69, 9.17) is 4.74 Å². The van der Waals surface area contributed by atoms with E-state index in [-0.39, 0.29) is 18.2 Å². The molecule has 0 aromatic heterocycles. The number of carbonyl (C=O) groups is 2. The van der Waals surface area contributed by atoms with Crippen LogP contribution in [0, 0.1) is 6.92 Å². The van der Waals surface area contributed by atoms with Crippen molar-refractivity contribution < 1.29 is 14.3 Å². The van der Waals surface area contributed by atoms with Crippen molar-refractivity contribution in [3.05, 3.63) is 23.8 Å². The van der Waals surface area contributed by atoms with Crippen molar-refractivity contribution in [2.24, 2.45) is 0 Å². The summed E-state index contributed by atoms with van der Waals surface area (Å²) in [5.74, 6) is 0.141. The second kappa shape index (κ2) is 5.08. The largest absolute Gasteiger partial charge is 0.478 e. The van der Waals surface area contributed by atoms with E-state index < -0.39 is 6.10 Å². The lowest BCUT2D eigenvalue weighted by Crippen LogP contribution is -2.41. The monoisotopic (exact) mass is 248 g/mol. The first-order chi connectivity index (χ1) is 8.60. The van der Waals surface area contributed by atoms with Gasteiger partial charge in [-0.1, -0.05) is 6.07 Å². The van der Waals surface area contributed by atoms with Crippen molar-refractivity contribution in [2.75, 3.05) is 11.9 Å². The van der Waals surface area contributed by atoms with Gasteiger partial charge in [0, 0.05) is 6.54 Å². The van der Waals surface area contributed by atoms with Crippen LogP contribution in [-0.4, -0.2) is 24.5 Å². The minimum Gasteiger partial charge on any atom is -0.478 e. The number of anilines is 1. The summed E-state index contributed by atoms with van der Waals surface area (Å²) in [4.78, 5) is 23.2. The number of hydrogen-bond donors (Lipinski definition) is 2. The fourth-order valence-corrected chi connectivity index (χ4v) is 1.84. The van der Waals surface area contributed by atoms with E-state index in [1.54, 1.807) is 6.07 Å². The standard InChI is InChI=1S/C13H16N2O3/c1-3-14-12(16)7-11-13(17)15-9-6-8(2)4-5-10(9)18-11/h4-6,11H,3,7H2,1-2H3,(H,14,16)(H,15,17). The van der Waals surface area contributed by atoms with Crippen LogP contribution in [0.3, 0.4) is 0 Å².